The van der Waals surface area contributed by atoms with Gasteiger partial charge in [0.1, 0.15) is 6.04 Å². The molecule has 3 amide bonds. The number of hydrogen-bond acceptors (Lipinski definition) is 7. The van der Waals surface area contributed by atoms with Gasteiger partial charge in [0.05, 0.1) is 26.2 Å². The van der Waals surface area contributed by atoms with Crippen molar-refractivity contribution in [1.82, 2.24) is 5.32 Å². The number of rotatable bonds is 26. The highest BCUT2D eigenvalue weighted by Gasteiger charge is 2.25. The maximum atomic E-state index is 13.0. The molecule has 2 rings (SSSR count). The third-order valence-electron chi connectivity index (χ3n) is 8.71. The van der Waals surface area contributed by atoms with Crippen molar-refractivity contribution in [1.29, 1.82) is 0 Å². The molecule has 50 heavy (non-hydrogen) atoms. The van der Waals surface area contributed by atoms with Crippen molar-refractivity contribution in [3.05, 3.63) is 59.7 Å². The van der Waals surface area contributed by atoms with Crippen molar-refractivity contribution in [3.8, 4) is 0 Å². The summed E-state index contributed by atoms with van der Waals surface area (Å²) in [5, 5.41) is 8.05. The lowest BCUT2D eigenvalue weighted by Crippen LogP contribution is -2.45. The Kier molecular flexibility index (Phi) is 21.6. The Morgan fingerprint density at radius 1 is 0.600 bits per heavy atom. The highest BCUT2D eigenvalue weighted by molar-refractivity contribution is 6.03. The highest BCUT2D eigenvalue weighted by atomic mass is 16.5. The van der Waals surface area contributed by atoms with Crippen LogP contribution in [0, 0.1) is 0 Å². The second kappa shape index (κ2) is 25.7. The first-order valence-corrected chi connectivity index (χ1v) is 18.5. The van der Waals surface area contributed by atoms with Crippen molar-refractivity contribution in [3.63, 3.8) is 0 Å². The number of unbranched alkanes of at least 4 members (excludes halogenated alkanes) is 16. The third-order valence-corrected chi connectivity index (χ3v) is 8.71. The van der Waals surface area contributed by atoms with Gasteiger partial charge in [0.25, 0.3) is 5.91 Å². The first-order valence-electron chi connectivity index (χ1n) is 18.5. The van der Waals surface area contributed by atoms with Crippen molar-refractivity contribution in [2.75, 3.05) is 24.9 Å². The van der Waals surface area contributed by atoms with Crippen molar-refractivity contribution < 1.29 is 33.4 Å². The van der Waals surface area contributed by atoms with Crippen LogP contribution in [0.4, 0.5) is 11.4 Å². The van der Waals surface area contributed by atoms with Crippen LogP contribution in [-0.4, -0.2) is 49.9 Å². The van der Waals surface area contributed by atoms with Gasteiger partial charge in [-0.2, -0.15) is 0 Å². The normalized spacial score (nSPS) is 11.3. The molecule has 0 bridgehead atoms. The van der Waals surface area contributed by atoms with E-state index < -0.39 is 36.2 Å². The third kappa shape index (κ3) is 18.0. The maximum Gasteiger partial charge on any atom is 0.337 e. The number of anilines is 2. The van der Waals surface area contributed by atoms with Crippen molar-refractivity contribution >= 4 is 41.0 Å². The lowest BCUT2D eigenvalue weighted by atomic mass is 10.0. The van der Waals surface area contributed by atoms with Crippen LogP contribution in [0.2, 0.25) is 0 Å². The number of methoxy groups -OCH3 is 2. The van der Waals surface area contributed by atoms with E-state index in [9.17, 15) is 24.0 Å². The van der Waals surface area contributed by atoms with Crippen LogP contribution >= 0.6 is 0 Å². The lowest BCUT2D eigenvalue weighted by Gasteiger charge is -2.18. The van der Waals surface area contributed by atoms with Crippen LogP contribution in [0.3, 0.4) is 0 Å². The number of ether oxygens (including phenoxy) is 2. The Morgan fingerprint density at radius 3 is 1.66 bits per heavy atom. The van der Waals surface area contributed by atoms with E-state index in [0.29, 0.717) is 12.1 Å². The molecule has 0 aliphatic rings. The van der Waals surface area contributed by atoms with Gasteiger partial charge < -0.3 is 25.4 Å². The van der Waals surface area contributed by atoms with Crippen LogP contribution in [0.1, 0.15) is 150 Å². The molecule has 0 aromatic heterocycles. The monoisotopic (exact) mass is 693 g/mol. The number of esters is 2. The predicted octanol–water partition coefficient (Wildman–Crippen LogP) is 8.75. The molecule has 0 unspecified atom stereocenters. The minimum absolute atomic E-state index is 0.0748. The Hall–Kier alpha value is -4.21. The van der Waals surface area contributed by atoms with Gasteiger partial charge in [-0.3, -0.25) is 19.2 Å². The molecule has 276 valence electrons. The molecule has 0 spiro atoms. The van der Waals surface area contributed by atoms with Gasteiger partial charge in [-0.25, -0.2) is 4.79 Å². The zero-order valence-electron chi connectivity index (χ0n) is 30.5. The number of amides is 3. The fourth-order valence-corrected chi connectivity index (χ4v) is 5.71. The standard InChI is InChI=1S/C40H59N3O7/c1-4-5-6-7-8-9-10-11-12-13-14-15-16-17-18-19-20-24-36(44)41-33-27-25-31(26-28-33)38(46)43-35(30-37(45)49-2)39(47)42-34-23-21-22-32(29-34)40(48)50-3/h21-23,25-29,35H,4-20,24,30H2,1-3H3,(H,41,44)(H,42,47)(H,43,46)/t35-/m0/s1. The highest BCUT2D eigenvalue weighted by Crippen LogP contribution is 2.16. The molecular formula is C40H59N3O7. The molecule has 0 saturated carbocycles. The first kappa shape index (κ1) is 42.0. The van der Waals surface area contributed by atoms with Crippen molar-refractivity contribution in [2.24, 2.45) is 0 Å². The van der Waals surface area contributed by atoms with Gasteiger partial charge in [-0.1, -0.05) is 116 Å². The summed E-state index contributed by atoms with van der Waals surface area (Å²) in [6.45, 7) is 2.26. The number of nitrogens with one attached hydrogen (secondary N) is 3. The zero-order chi connectivity index (χ0) is 36.4. The van der Waals surface area contributed by atoms with E-state index in [2.05, 4.69) is 22.9 Å². The molecule has 1 atom stereocenters. The molecule has 10 nitrogen and oxygen atoms in total. The van der Waals surface area contributed by atoms with Crippen LogP contribution < -0.4 is 16.0 Å². The average molecular weight is 694 g/mol. The topological polar surface area (TPSA) is 140 Å². The number of hydrogen-bond donors (Lipinski definition) is 3. The summed E-state index contributed by atoms with van der Waals surface area (Å²) in [6, 6.07) is 11.1. The van der Waals surface area contributed by atoms with Gasteiger partial charge >= 0.3 is 11.9 Å². The average Bonchev–Trinajstić information content (AvgIpc) is 3.12. The minimum Gasteiger partial charge on any atom is -0.469 e. The molecule has 10 heteroatoms. The molecule has 0 aliphatic carbocycles. The van der Waals surface area contributed by atoms with Crippen LogP contribution in [0.15, 0.2) is 48.5 Å². The fraction of sp³-hybridized carbons (Fsp3) is 0.575. The number of carbonyl (C=O) groups excluding carboxylic acids is 5. The van der Waals surface area contributed by atoms with Crippen LogP contribution in [0.25, 0.3) is 0 Å². The van der Waals surface area contributed by atoms with Crippen LogP contribution in [-0.2, 0) is 23.9 Å². The summed E-state index contributed by atoms with van der Waals surface area (Å²) >= 11 is 0. The molecule has 0 radical (unpaired) electrons. The summed E-state index contributed by atoms with van der Waals surface area (Å²) < 4.78 is 9.41. The molecule has 0 saturated heterocycles. The molecule has 0 fully saturated rings. The van der Waals surface area contributed by atoms with Crippen LogP contribution in [0.5, 0.6) is 0 Å². The van der Waals surface area contributed by atoms with Gasteiger partial charge in [-0.05, 0) is 48.9 Å². The van der Waals surface area contributed by atoms with Gasteiger partial charge in [0.2, 0.25) is 11.8 Å². The summed E-state index contributed by atoms with van der Waals surface area (Å²) in [7, 11) is 2.44. The molecule has 2 aromatic carbocycles. The summed E-state index contributed by atoms with van der Waals surface area (Å²) in [4.78, 5) is 62.3. The Labute approximate surface area is 298 Å². The molecule has 2 aromatic rings. The quantitative estimate of drug-likeness (QED) is 0.0661. The fourth-order valence-electron chi connectivity index (χ4n) is 5.71. The summed E-state index contributed by atoms with van der Waals surface area (Å²) in [6.07, 6.45) is 22.0. The molecule has 0 aliphatic heterocycles. The molecular weight excluding hydrogens is 634 g/mol. The predicted molar refractivity (Wildman–Crippen MR) is 198 cm³/mol. The Balaban J connectivity index is 1.66. The van der Waals surface area contributed by atoms with Gasteiger partial charge in [0, 0.05) is 23.4 Å². The van der Waals surface area contributed by atoms with E-state index in [-0.39, 0.29) is 22.7 Å². The van der Waals surface area contributed by atoms with E-state index in [0.717, 1.165) is 19.3 Å². The SMILES string of the molecule is CCCCCCCCCCCCCCCCCCCC(=O)Nc1ccc(C(=O)N[C@@H](CC(=O)OC)C(=O)Nc2cccc(C(=O)OC)c2)cc1. The van der Waals surface area contributed by atoms with E-state index in [1.54, 1.807) is 24.3 Å². The van der Waals surface area contributed by atoms with E-state index in [4.69, 9.17) is 9.47 Å². The van der Waals surface area contributed by atoms with E-state index in [1.165, 1.54) is 128 Å². The Morgan fingerprint density at radius 2 is 1.14 bits per heavy atom. The second-order valence-electron chi connectivity index (χ2n) is 12.9. The minimum atomic E-state index is -1.25. The zero-order valence-corrected chi connectivity index (χ0v) is 30.5. The molecule has 3 N–H and O–H groups in total. The second-order valence-corrected chi connectivity index (χ2v) is 12.9. The number of carbonyl (C=O) groups is 5. The number of benzene rings is 2. The lowest BCUT2D eigenvalue weighted by molar-refractivity contribution is -0.142. The maximum absolute atomic E-state index is 13.0. The summed E-state index contributed by atoms with van der Waals surface area (Å²) in [5.41, 5.74) is 1.32. The smallest absolute Gasteiger partial charge is 0.337 e. The molecule has 0 heterocycles. The van der Waals surface area contributed by atoms with E-state index >= 15 is 0 Å². The van der Waals surface area contributed by atoms with Crippen molar-refractivity contribution in [2.45, 2.75) is 135 Å². The Bertz CT molecular complexity index is 1310. The summed E-state index contributed by atoms with van der Waals surface area (Å²) in [5.74, 6) is -2.59. The first-order chi connectivity index (χ1) is 24.3. The van der Waals surface area contributed by atoms with E-state index in [1.807, 2.05) is 0 Å². The van der Waals surface area contributed by atoms with Gasteiger partial charge in [0.15, 0.2) is 0 Å². The van der Waals surface area contributed by atoms with Gasteiger partial charge in [-0.15, -0.1) is 0 Å². The largest absolute Gasteiger partial charge is 0.469 e.